The van der Waals surface area contributed by atoms with Gasteiger partial charge in [0.15, 0.2) is 0 Å². The molecular formula is C16H20N2O3. The molecule has 0 spiro atoms. The highest BCUT2D eigenvalue weighted by Crippen LogP contribution is 2.37. The molecule has 0 aromatic heterocycles. The highest BCUT2D eigenvalue weighted by molar-refractivity contribution is 5.99. The van der Waals surface area contributed by atoms with Gasteiger partial charge in [-0.05, 0) is 31.4 Å². The number of para-hydroxylation sites is 2. The average Bonchev–Trinajstić information content (AvgIpc) is 2.97. The fourth-order valence-corrected chi connectivity index (χ4v) is 3.39. The summed E-state index contributed by atoms with van der Waals surface area (Å²) in [5.41, 5.74) is 2.00. The van der Waals surface area contributed by atoms with Gasteiger partial charge in [-0.2, -0.15) is 0 Å². The topological polar surface area (TPSA) is 60.9 Å². The van der Waals surface area contributed by atoms with E-state index in [1.54, 1.807) is 0 Å². The number of aliphatic carboxylic acids is 1. The number of nitrogens with zero attached hydrogens (tertiary/aromatic N) is 2. The Kier molecular flexibility index (Phi) is 3.57. The standard InChI is InChI=1S/C16H20N2O3/c1-17-8-9-18(14-5-3-2-4-13(14)17)15(19)11-6-7-12(10-11)16(20)21/h2-5,11-12H,6-10H2,1H3,(H,20,21). The van der Waals surface area contributed by atoms with Crippen molar-refractivity contribution in [2.75, 3.05) is 29.9 Å². The second kappa shape index (κ2) is 5.39. The van der Waals surface area contributed by atoms with Crippen LogP contribution < -0.4 is 9.80 Å². The van der Waals surface area contributed by atoms with Crippen molar-refractivity contribution >= 4 is 23.3 Å². The largest absolute Gasteiger partial charge is 0.481 e. The van der Waals surface area contributed by atoms with Crippen LogP contribution in [0.15, 0.2) is 24.3 Å². The summed E-state index contributed by atoms with van der Waals surface area (Å²) >= 11 is 0. The molecule has 2 unspecified atom stereocenters. The molecule has 5 nitrogen and oxygen atoms in total. The number of hydrogen-bond acceptors (Lipinski definition) is 3. The number of rotatable bonds is 2. The molecule has 1 aromatic carbocycles. The Morgan fingerprint density at radius 1 is 1.10 bits per heavy atom. The molecule has 0 radical (unpaired) electrons. The maximum atomic E-state index is 12.8. The van der Waals surface area contributed by atoms with E-state index in [1.807, 2.05) is 36.2 Å². The van der Waals surface area contributed by atoms with E-state index in [1.165, 1.54) is 0 Å². The molecule has 1 amide bonds. The highest BCUT2D eigenvalue weighted by atomic mass is 16.4. The van der Waals surface area contributed by atoms with Gasteiger partial charge >= 0.3 is 5.97 Å². The summed E-state index contributed by atoms with van der Waals surface area (Å²) in [6.07, 6.45) is 1.77. The average molecular weight is 288 g/mol. The monoisotopic (exact) mass is 288 g/mol. The Morgan fingerprint density at radius 3 is 2.43 bits per heavy atom. The van der Waals surface area contributed by atoms with Crippen LogP contribution in [-0.2, 0) is 9.59 Å². The first-order chi connectivity index (χ1) is 10.1. The van der Waals surface area contributed by atoms with E-state index in [0.717, 1.165) is 17.9 Å². The first-order valence-corrected chi connectivity index (χ1v) is 7.42. The second-order valence-electron chi connectivity index (χ2n) is 5.95. The van der Waals surface area contributed by atoms with Crippen molar-refractivity contribution in [3.63, 3.8) is 0 Å². The molecule has 1 heterocycles. The molecule has 1 aromatic rings. The zero-order valence-corrected chi connectivity index (χ0v) is 12.2. The van der Waals surface area contributed by atoms with Gasteiger partial charge < -0.3 is 14.9 Å². The van der Waals surface area contributed by atoms with Crippen LogP contribution in [0, 0.1) is 11.8 Å². The number of carboxylic acid groups (broad SMARTS) is 1. The van der Waals surface area contributed by atoms with Crippen molar-refractivity contribution in [3.8, 4) is 0 Å². The number of likely N-dealkylation sites (N-methyl/N-ethyl adjacent to an activating group) is 1. The van der Waals surface area contributed by atoms with Crippen LogP contribution in [-0.4, -0.2) is 37.1 Å². The second-order valence-corrected chi connectivity index (χ2v) is 5.95. The Morgan fingerprint density at radius 2 is 1.76 bits per heavy atom. The molecule has 1 aliphatic carbocycles. The quantitative estimate of drug-likeness (QED) is 0.904. The van der Waals surface area contributed by atoms with Gasteiger partial charge in [-0.1, -0.05) is 12.1 Å². The normalized spacial score (nSPS) is 24.8. The molecule has 2 atom stereocenters. The molecule has 1 fully saturated rings. The van der Waals surface area contributed by atoms with Crippen molar-refractivity contribution in [2.24, 2.45) is 11.8 Å². The molecule has 2 aliphatic rings. The maximum Gasteiger partial charge on any atom is 0.306 e. The summed E-state index contributed by atoms with van der Waals surface area (Å²) in [4.78, 5) is 27.8. The number of benzene rings is 1. The molecule has 0 bridgehead atoms. The third-order valence-corrected chi connectivity index (χ3v) is 4.64. The predicted octanol–water partition coefficient (Wildman–Crippen LogP) is 1.97. The number of anilines is 2. The van der Waals surface area contributed by atoms with Crippen LogP contribution in [0.4, 0.5) is 11.4 Å². The molecule has 112 valence electrons. The number of carboxylic acids is 1. The highest BCUT2D eigenvalue weighted by Gasteiger charge is 2.37. The number of carbonyl (C=O) groups excluding carboxylic acids is 1. The molecule has 3 rings (SSSR count). The minimum atomic E-state index is -0.774. The summed E-state index contributed by atoms with van der Waals surface area (Å²) < 4.78 is 0. The molecule has 5 heteroatoms. The molecule has 1 aliphatic heterocycles. The lowest BCUT2D eigenvalue weighted by atomic mass is 10.0. The summed E-state index contributed by atoms with van der Waals surface area (Å²) in [7, 11) is 2.02. The van der Waals surface area contributed by atoms with Crippen molar-refractivity contribution in [2.45, 2.75) is 19.3 Å². The molecule has 1 N–H and O–H groups in total. The summed E-state index contributed by atoms with van der Waals surface area (Å²) in [6.45, 7) is 1.47. The minimum Gasteiger partial charge on any atom is -0.481 e. The van der Waals surface area contributed by atoms with Crippen LogP contribution in [0.1, 0.15) is 19.3 Å². The Labute approximate surface area is 124 Å². The third kappa shape index (κ3) is 2.48. The van der Waals surface area contributed by atoms with Gasteiger partial charge in [-0.3, -0.25) is 9.59 Å². The van der Waals surface area contributed by atoms with Crippen LogP contribution in [0.25, 0.3) is 0 Å². The number of amides is 1. The van der Waals surface area contributed by atoms with Crippen molar-refractivity contribution in [1.29, 1.82) is 0 Å². The van der Waals surface area contributed by atoms with E-state index in [4.69, 9.17) is 5.11 Å². The lowest BCUT2D eigenvalue weighted by Crippen LogP contribution is -2.44. The van der Waals surface area contributed by atoms with Crippen molar-refractivity contribution in [3.05, 3.63) is 24.3 Å². The summed E-state index contributed by atoms with van der Waals surface area (Å²) in [5.74, 6) is -1.20. The maximum absolute atomic E-state index is 12.8. The molecule has 0 saturated heterocycles. The van der Waals surface area contributed by atoms with E-state index in [9.17, 15) is 9.59 Å². The third-order valence-electron chi connectivity index (χ3n) is 4.64. The van der Waals surface area contributed by atoms with Crippen LogP contribution in [0.3, 0.4) is 0 Å². The lowest BCUT2D eigenvalue weighted by molar-refractivity contribution is -0.141. The number of hydrogen-bond donors (Lipinski definition) is 1. The van der Waals surface area contributed by atoms with E-state index in [-0.39, 0.29) is 17.7 Å². The van der Waals surface area contributed by atoms with Gasteiger partial charge in [0.05, 0.1) is 17.3 Å². The van der Waals surface area contributed by atoms with Gasteiger partial charge in [0.25, 0.3) is 0 Å². The first kappa shape index (κ1) is 13.9. The Bertz CT molecular complexity index is 572. The molecule has 1 saturated carbocycles. The zero-order chi connectivity index (χ0) is 15.0. The zero-order valence-electron chi connectivity index (χ0n) is 12.2. The van der Waals surface area contributed by atoms with E-state index in [0.29, 0.717) is 25.8 Å². The molecular weight excluding hydrogens is 268 g/mol. The van der Waals surface area contributed by atoms with Gasteiger partial charge in [0, 0.05) is 26.1 Å². The van der Waals surface area contributed by atoms with Crippen LogP contribution in [0.5, 0.6) is 0 Å². The van der Waals surface area contributed by atoms with Gasteiger partial charge in [0.2, 0.25) is 5.91 Å². The van der Waals surface area contributed by atoms with E-state index >= 15 is 0 Å². The van der Waals surface area contributed by atoms with Crippen LogP contribution >= 0.6 is 0 Å². The lowest BCUT2D eigenvalue weighted by Gasteiger charge is -2.36. The van der Waals surface area contributed by atoms with Crippen LogP contribution in [0.2, 0.25) is 0 Å². The van der Waals surface area contributed by atoms with E-state index in [2.05, 4.69) is 4.90 Å². The summed E-state index contributed by atoms with van der Waals surface area (Å²) in [5, 5.41) is 9.08. The fraction of sp³-hybridized carbons (Fsp3) is 0.500. The van der Waals surface area contributed by atoms with Gasteiger partial charge in [0.1, 0.15) is 0 Å². The van der Waals surface area contributed by atoms with Crippen molar-refractivity contribution < 1.29 is 14.7 Å². The fourth-order valence-electron chi connectivity index (χ4n) is 3.39. The summed E-state index contributed by atoms with van der Waals surface area (Å²) in [6, 6.07) is 7.89. The van der Waals surface area contributed by atoms with Crippen molar-refractivity contribution in [1.82, 2.24) is 0 Å². The Hall–Kier alpha value is -2.04. The van der Waals surface area contributed by atoms with Gasteiger partial charge in [-0.15, -0.1) is 0 Å². The smallest absolute Gasteiger partial charge is 0.306 e. The SMILES string of the molecule is CN1CCN(C(=O)C2CCC(C(=O)O)C2)c2ccccc21. The first-order valence-electron chi connectivity index (χ1n) is 7.42. The van der Waals surface area contributed by atoms with Gasteiger partial charge in [-0.25, -0.2) is 0 Å². The molecule has 21 heavy (non-hydrogen) atoms. The minimum absolute atomic E-state index is 0.0827. The number of fused-ring (bicyclic) bond motifs is 1. The van der Waals surface area contributed by atoms with E-state index < -0.39 is 5.97 Å². The Balaban J connectivity index is 1.80. The predicted molar refractivity (Wildman–Crippen MR) is 80.5 cm³/mol. The number of carbonyl (C=O) groups is 2.